The minimum atomic E-state index is -0.675. The number of rotatable bonds is 3. The number of aromatic nitrogens is 1. The summed E-state index contributed by atoms with van der Waals surface area (Å²) in [5.74, 6) is 1.86. The van der Waals surface area contributed by atoms with Gasteiger partial charge in [0.2, 0.25) is 6.10 Å². The molecular formula is C18H19N3O3. The van der Waals surface area contributed by atoms with E-state index in [1.807, 2.05) is 30.3 Å². The van der Waals surface area contributed by atoms with Crippen LogP contribution in [0, 0.1) is 0 Å². The van der Waals surface area contributed by atoms with E-state index in [0.29, 0.717) is 17.2 Å². The van der Waals surface area contributed by atoms with E-state index in [1.165, 1.54) is 0 Å². The monoisotopic (exact) mass is 325 g/mol. The van der Waals surface area contributed by atoms with Crippen molar-refractivity contribution in [2.24, 2.45) is 0 Å². The number of hydrogen-bond donors (Lipinski definition) is 1. The Bertz CT molecular complexity index is 744. The van der Waals surface area contributed by atoms with Crippen LogP contribution in [0.15, 0.2) is 42.6 Å². The number of amides is 1. The lowest BCUT2D eigenvalue weighted by Gasteiger charge is -2.26. The van der Waals surface area contributed by atoms with E-state index in [9.17, 15) is 4.79 Å². The Hall–Kier alpha value is -2.76. The number of pyridine rings is 1. The van der Waals surface area contributed by atoms with E-state index in [-0.39, 0.29) is 12.5 Å². The molecule has 2 aromatic rings. The van der Waals surface area contributed by atoms with Crippen molar-refractivity contribution in [3.05, 3.63) is 42.6 Å². The molecule has 0 radical (unpaired) electrons. The lowest BCUT2D eigenvalue weighted by Crippen LogP contribution is -2.40. The van der Waals surface area contributed by atoms with Crippen LogP contribution >= 0.6 is 0 Å². The number of nitrogens with one attached hydrogen (secondary N) is 1. The highest BCUT2D eigenvalue weighted by molar-refractivity contribution is 5.97. The number of para-hydroxylation sites is 2. The Morgan fingerprint density at radius 2 is 1.92 bits per heavy atom. The maximum absolute atomic E-state index is 12.6. The lowest BCUT2D eigenvalue weighted by molar-refractivity contribution is -0.125. The first kappa shape index (κ1) is 14.8. The fourth-order valence-corrected chi connectivity index (χ4v) is 3.04. The summed E-state index contributed by atoms with van der Waals surface area (Å²) in [6.07, 6.45) is 3.38. The van der Waals surface area contributed by atoms with Crippen molar-refractivity contribution in [1.29, 1.82) is 0 Å². The van der Waals surface area contributed by atoms with Gasteiger partial charge in [-0.15, -0.1) is 0 Å². The van der Waals surface area contributed by atoms with E-state index >= 15 is 0 Å². The molecule has 24 heavy (non-hydrogen) atoms. The average molecular weight is 325 g/mol. The van der Waals surface area contributed by atoms with Crippen LogP contribution < -0.4 is 19.7 Å². The molecule has 3 heterocycles. The van der Waals surface area contributed by atoms with Crippen molar-refractivity contribution in [3.8, 4) is 11.5 Å². The molecule has 1 N–H and O–H groups in total. The van der Waals surface area contributed by atoms with Gasteiger partial charge < -0.3 is 19.7 Å². The van der Waals surface area contributed by atoms with Crippen molar-refractivity contribution in [2.45, 2.75) is 18.9 Å². The van der Waals surface area contributed by atoms with E-state index in [1.54, 1.807) is 12.3 Å². The lowest BCUT2D eigenvalue weighted by atomic mass is 10.2. The molecule has 6 nitrogen and oxygen atoms in total. The predicted octanol–water partition coefficient (Wildman–Crippen LogP) is 2.46. The highest BCUT2D eigenvalue weighted by atomic mass is 16.6. The van der Waals surface area contributed by atoms with Crippen LogP contribution in [0.25, 0.3) is 0 Å². The maximum atomic E-state index is 12.6. The molecule has 0 spiro atoms. The van der Waals surface area contributed by atoms with Gasteiger partial charge in [0.15, 0.2) is 17.3 Å². The molecule has 1 aromatic carbocycles. The topological polar surface area (TPSA) is 63.7 Å². The zero-order valence-corrected chi connectivity index (χ0v) is 13.3. The van der Waals surface area contributed by atoms with Gasteiger partial charge in [0.05, 0.1) is 5.69 Å². The smallest absolute Gasteiger partial charge is 0.269 e. The molecule has 1 aromatic heterocycles. The zero-order chi connectivity index (χ0) is 16.4. The second kappa shape index (κ2) is 6.39. The van der Waals surface area contributed by atoms with Crippen LogP contribution in [0.5, 0.6) is 11.5 Å². The fraction of sp³-hybridized carbons (Fsp3) is 0.333. The predicted molar refractivity (Wildman–Crippen MR) is 90.7 cm³/mol. The van der Waals surface area contributed by atoms with Gasteiger partial charge in [-0.2, -0.15) is 0 Å². The molecule has 6 heteroatoms. The van der Waals surface area contributed by atoms with Gasteiger partial charge >= 0.3 is 0 Å². The van der Waals surface area contributed by atoms with Crippen LogP contribution in [0.4, 0.5) is 11.5 Å². The summed E-state index contributed by atoms with van der Waals surface area (Å²) < 4.78 is 11.4. The molecule has 2 aliphatic heterocycles. The number of carbonyl (C=O) groups excluding carboxylic acids is 1. The van der Waals surface area contributed by atoms with Gasteiger partial charge in [0.25, 0.3) is 5.91 Å². The fourth-order valence-electron chi connectivity index (χ4n) is 3.04. The van der Waals surface area contributed by atoms with E-state index in [0.717, 1.165) is 31.7 Å². The molecule has 1 saturated heterocycles. The van der Waals surface area contributed by atoms with E-state index < -0.39 is 6.10 Å². The van der Waals surface area contributed by atoms with Crippen molar-refractivity contribution >= 4 is 17.4 Å². The highest BCUT2D eigenvalue weighted by Gasteiger charge is 2.28. The van der Waals surface area contributed by atoms with Gasteiger partial charge in [-0.25, -0.2) is 4.98 Å². The van der Waals surface area contributed by atoms with Gasteiger partial charge in [-0.05, 0) is 37.1 Å². The summed E-state index contributed by atoms with van der Waals surface area (Å²) >= 11 is 0. The van der Waals surface area contributed by atoms with Crippen molar-refractivity contribution in [2.75, 3.05) is 29.9 Å². The highest BCUT2D eigenvalue weighted by Crippen LogP contribution is 2.32. The molecule has 0 bridgehead atoms. The average Bonchev–Trinajstić information content (AvgIpc) is 3.16. The molecule has 0 aliphatic carbocycles. The summed E-state index contributed by atoms with van der Waals surface area (Å²) in [5, 5.41) is 2.94. The summed E-state index contributed by atoms with van der Waals surface area (Å²) in [5.41, 5.74) is 0.715. The number of ether oxygens (including phenoxy) is 2. The minimum absolute atomic E-state index is 0.197. The van der Waals surface area contributed by atoms with Gasteiger partial charge in [-0.1, -0.05) is 12.1 Å². The van der Waals surface area contributed by atoms with Crippen molar-refractivity contribution in [1.82, 2.24) is 4.98 Å². The van der Waals surface area contributed by atoms with Crippen LogP contribution in [-0.4, -0.2) is 36.7 Å². The minimum Gasteiger partial charge on any atom is -0.485 e. The Morgan fingerprint density at radius 3 is 2.75 bits per heavy atom. The number of fused-ring (bicyclic) bond motifs is 1. The summed E-state index contributed by atoms with van der Waals surface area (Å²) in [6, 6.07) is 11.1. The Labute approximate surface area is 140 Å². The first-order valence-corrected chi connectivity index (χ1v) is 8.20. The number of hydrogen-bond acceptors (Lipinski definition) is 5. The summed E-state index contributed by atoms with van der Waals surface area (Å²) in [4.78, 5) is 19.2. The number of anilines is 2. The molecule has 124 valence electrons. The maximum Gasteiger partial charge on any atom is 0.269 e. The quantitative estimate of drug-likeness (QED) is 0.939. The third-order valence-electron chi connectivity index (χ3n) is 4.25. The largest absolute Gasteiger partial charge is 0.485 e. The molecule has 0 unspecified atom stereocenters. The van der Waals surface area contributed by atoms with Crippen LogP contribution in [0.1, 0.15) is 12.8 Å². The van der Waals surface area contributed by atoms with Crippen molar-refractivity contribution in [3.63, 3.8) is 0 Å². The third kappa shape index (κ3) is 2.87. The second-order valence-electron chi connectivity index (χ2n) is 5.92. The molecule has 2 aliphatic rings. The summed E-state index contributed by atoms with van der Waals surface area (Å²) in [7, 11) is 0. The third-order valence-corrected chi connectivity index (χ3v) is 4.25. The Kier molecular flexibility index (Phi) is 3.94. The molecule has 1 fully saturated rings. The van der Waals surface area contributed by atoms with Gasteiger partial charge in [-0.3, -0.25) is 4.79 Å². The Balaban J connectivity index is 1.49. The van der Waals surface area contributed by atoms with E-state index in [2.05, 4.69) is 15.2 Å². The van der Waals surface area contributed by atoms with Gasteiger partial charge in [0, 0.05) is 19.3 Å². The molecule has 1 atom stereocenters. The van der Waals surface area contributed by atoms with Crippen LogP contribution in [0.2, 0.25) is 0 Å². The first-order chi connectivity index (χ1) is 11.8. The molecule has 1 amide bonds. The van der Waals surface area contributed by atoms with E-state index in [4.69, 9.17) is 9.47 Å². The SMILES string of the molecule is O=C(Nc1cccnc1N1CCCC1)[C@@H]1COc2ccccc2O1. The normalized spacial score (nSPS) is 19.2. The van der Waals surface area contributed by atoms with Crippen LogP contribution in [0.3, 0.4) is 0 Å². The summed E-state index contributed by atoms with van der Waals surface area (Å²) in [6.45, 7) is 2.13. The second-order valence-corrected chi connectivity index (χ2v) is 5.92. The van der Waals surface area contributed by atoms with Crippen molar-refractivity contribution < 1.29 is 14.3 Å². The number of carbonyl (C=O) groups is 1. The number of nitrogens with zero attached hydrogens (tertiary/aromatic N) is 2. The standard InChI is InChI=1S/C18H19N3O3/c22-18(16-12-23-14-7-1-2-8-15(14)24-16)20-13-6-5-9-19-17(13)21-10-3-4-11-21/h1-2,5-9,16H,3-4,10-12H2,(H,20,22)/t16-/m0/s1. The first-order valence-electron chi connectivity index (χ1n) is 8.20. The van der Waals surface area contributed by atoms with Gasteiger partial charge in [0.1, 0.15) is 6.61 Å². The molecule has 0 saturated carbocycles. The Morgan fingerprint density at radius 1 is 1.12 bits per heavy atom. The molecular weight excluding hydrogens is 306 g/mol. The number of benzene rings is 1. The zero-order valence-electron chi connectivity index (χ0n) is 13.3. The molecule has 4 rings (SSSR count). The van der Waals surface area contributed by atoms with Crippen LogP contribution in [-0.2, 0) is 4.79 Å².